The fourth-order valence-electron chi connectivity index (χ4n) is 3.93. The number of fused-ring (bicyclic) bond motifs is 1. The first-order valence-corrected chi connectivity index (χ1v) is 10.7. The average Bonchev–Trinajstić information content (AvgIpc) is 3.27. The number of amides is 2. The Morgan fingerprint density at radius 2 is 1.85 bits per heavy atom. The van der Waals surface area contributed by atoms with Crippen LogP contribution in [0.5, 0.6) is 0 Å². The van der Waals surface area contributed by atoms with Crippen molar-refractivity contribution in [3.8, 4) is 0 Å². The van der Waals surface area contributed by atoms with Gasteiger partial charge in [0.1, 0.15) is 0 Å². The third-order valence-electron chi connectivity index (χ3n) is 5.61. The third kappa shape index (κ3) is 4.43. The molecule has 2 aromatic carbocycles. The van der Waals surface area contributed by atoms with Crippen molar-refractivity contribution in [3.05, 3.63) is 87.7 Å². The average molecular weight is 444 g/mol. The van der Waals surface area contributed by atoms with Gasteiger partial charge in [-0.2, -0.15) is 0 Å². The Balaban J connectivity index is 1.62. The molecule has 0 saturated heterocycles. The monoisotopic (exact) mass is 443 g/mol. The second-order valence-corrected chi connectivity index (χ2v) is 7.82. The molecule has 0 saturated carbocycles. The molecule has 1 aliphatic heterocycles. The number of H-pyrrole nitrogens is 1. The van der Waals surface area contributed by atoms with Crippen LogP contribution in [0.3, 0.4) is 0 Å². The summed E-state index contributed by atoms with van der Waals surface area (Å²) >= 11 is 0. The van der Waals surface area contributed by atoms with Crippen molar-refractivity contribution in [1.82, 2.24) is 10.3 Å². The minimum Gasteiger partial charge on any atom is -0.462 e. The number of carbonyl (C=O) groups is 3. The first-order valence-electron chi connectivity index (χ1n) is 10.7. The van der Waals surface area contributed by atoms with Crippen molar-refractivity contribution in [2.75, 3.05) is 11.9 Å². The van der Waals surface area contributed by atoms with E-state index in [1.165, 1.54) is 0 Å². The zero-order chi connectivity index (χ0) is 23.5. The van der Waals surface area contributed by atoms with E-state index in [2.05, 4.69) is 15.6 Å². The lowest BCUT2D eigenvalue weighted by molar-refractivity contribution is -0.110. The molecule has 2 heterocycles. The number of nitrogens with one attached hydrogen (secondary N) is 3. The molecule has 2 amide bonds. The highest BCUT2D eigenvalue weighted by Crippen LogP contribution is 2.34. The molecule has 4 rings (SSSR count). The van der Waals surface area contributed by atoms with Crippen molar-refractivity contribution in [2.24, 2.45) is 0 Å². The van der Waals surface area contributed by atoms with E-state index in [1.54, 1.807) is 38.1 Å². The van der Waals surface area contributed by atoms with E-state index in [9.17, 15) is 14.4 Å². The molecule has 1 aromatic heterocycles. The van der Waals surface area contributed by atoms with Gasteiger partial charge in [0.2, 0.25) is 0 Å². The summed E-state index contributed by atoms with van der Waals surface area (Å²) in [6, 6.07) is 14.8. The topological polar surface area (TPSA) is 100 Å². The molecule has 1 aliphatic rings. The summed E-state index contributed by atoms with van der Waals surface area (Å²) in [6.45, 7) is 6.05. The fraction of sp³-hybridized carbons (Fsp3) is 0.192. The van der Waals surface area contributed by atoms with Crippen LogP contribution in [-0.2, 0) is 16.1 Å². The van der Waals surface area contributed by atoms with E-state index >= 15 is 0 Å². The van der Waals surface area contributed by atoms with Crippen LogP contribution in [0.25, 0.3) is 11.6 Å². The van der Waals surface area contributed by atoms with Gasteiger partial charge in [0.15, 0.2) is 0 Å². The Labute approximate surface area is 191 Å². The molecular formula is C26H25N3O4. The summed E-state index contributed by atoms with van der Waals surface area (Å²) in [4.78, 5) is 40.9. The fourth-order valence-corrected chi connectivity index (χ4v) is 3.93. The molecule has 168 valence electrons. The number of benzene rings is 2. The van der Waals surface area contributed by atoms with Gasteiger partial charge in [-0.05, 0) is 56.2 Å². The molecule has 0 atom stereocenters. The Kier molecular flexibility index (Phi) is 6.13. The van der Waals surface area contributed by atoms with E-state index in [-0.39, 0.29) is 18.4 Å². The summed E-state index contributed by atoms with van der Waals surface area (Å²) in [7, 11) is 0. The van der Waals surface area contributed by atoms with Crippen molar-refractivity contribution in [3.63, 3.8) is 0 Å². The maximum Gasteiger partial charge on any atom is 0.340 e. The third-order valence-corrected chi connectivity index (χ3v) is 5.61. The normalized spacial score (nSPS) is 13.5. The van der Waals surface area contributed by atoms with Gasteiger partial charge in [0.05, 0.1) is 17.7 Å². The molecule has 0 bridgehead atoms. The van der Waals surface area contributed by atoms with E-state index in [0.717, 1.165) is 5.56 Å². The summed E-state index contributed by atoms with van der Waals surface area (Å²) in [6.07, 6.45) is 1.71. The van der Waals surface area contributed by atoms with Crippen LogP contribution in [0, 0.1) is 13.8 Å². The summed E-state index contributed by atoms with van der Waals surface area (Å²) in [5, 5.41) is 5.74. The molecule has 7 heteroatoms. The lowest BCUT2D eigenvalue weighted by Crippen LogP contribution is -2.22. The first-order chi connectivity index (χ1) is 15.9. The maximum absolute atomic E-state index is 12.7. The van der Waals surface area contributed by atoms with Crippen LogP contribution in [0.1, 0.15) is 55.7 Å². The van der Waals surface area contributed by atoms with Gasteiger partial charge < -0.3 is 20.4 Å². The Morgan fingerprint density at radius 3 is 2.58 bits per heavy atom. The number of hydrogen-bond acceptors (Lipinski definition) is 4. The highest BCUT2D eigenvalue weighted by Gasteiger charge is 2.27. The number of hydrogen-bond donors (Lipinski definition) is 3. The molecule has 3 aromatic rings. The van der Waals surface area contributed by atoms with E-state index in [4.69, 9.17) is 4.74 Å². The predicted molar refractivity (Wildman–Crippen MR) is 127 cm³/mol. The number of anilines is 1. The van der Waals surface area contributed by atoms with Crippen LogP contribution in [0.15, 0.2) is 48.5 Å². The quantitative estimate of drug-likeness (QED) is 0.392. The molecule has 0 radical (unpaired) electrons. The number of rotatable bonds is 6. The van der Waals surface area contributed by atoms with Gasteiger partial charge >= 0.3 is 5.97 Å². The highest BCUT2D eigenvalue weighted by atomic mass is 16.5. The van der Waals surface area contributed by atoms with Crippen LogP contribution in [-0.4, -0.2) is 29.4 Å². The molecule has 33 heavy (non-hydrogen) atoms. The number of carbonyl (C=O) groups excluding carboxylic acids is 3. The standard InChI is InChI=1S/C26H25N3O4/c1-4-33-26(32)23-15(2)22(28-16(23)3)13-20-19-12-18(10-11-21(19)29-25(20)31)24(30)27-14-17-8-6-5-7-9-17/h5-13,28H,4,14H2,1-3H3,(H,27,30)(H,29,31). The minimum absolute atomic E-state index is 0.225. The van der Waals surface area contributed by atoms with Crippen molar-refractivity contribution in [1.29, 1.82) is 0 Å². The lowest BCUT2D eigenvalue weighted by atomic mass is 10.0. The number of esters is 1. The zero-order valence-corrected chi connectivity index (χ0v) is 18.7. The summed E-state index contributed by atoms with van der Waals surface area (Å²) in [5.41, 5.74) is 5.64. The molecule has 3 N–H and O–H groups in total. The number of ether oxygens (including phenoxy) is 1. The number of aromatic amines is 1. The summed E-state index contributed by atoms with van der Waals surface area (Å²) in [5.74, 6) is -0.893. The van der Waals surface area contributed by atoms with Gasteiger partial charge in [-0.1, -0.05) is 30.3 Å². The highest BCUT2D eigenvalue weighted by molar-refractivity contribution is 6.35. The molecular weight excluding hydrogens is 418 g/mol. The number of aromatic nitrogens is 1. The Bertz CT molecular complexity index is 1270. The van der Waals surface area contributed by atoms with Gasteiger partial charge in [-0.3, -0.25) is 9.59 Å². The maximum atomic E-state index is 12.7. The summed E-state index contributed by atoms with van der Waals surface area (Å²) < 4.78 is 5.14. The minimum atomic E-state index is -0.401. The Hall–Kier alpha value is -4.13. The molecule has 7 nitrogen and oxygen atoms in total. The number of aryl methyl sites for hydroxylation is 1. The molecule has 0 aliphatic carbocycles. The van der Waals surface area contributed by atoms with Gasteiger partial charge in [-0.25, -0.2) is 4.79 Å². The first kappa shape index (κ1) is 22.1. The van der Waals surface area contributed by atoms with Crippen molar-refractivity contribution >= 4 is 35.1 Å². The van der Waals surface area contributed by atoms with E-state index in [1.807, 2.05) is 37.3 Å². The van der Waals surface area contributed by atoms with Gasteiger partial charge in [0.25, 0.3) is 11.8 Å². The molecule has 0 fully saturated rings. The molecule has 0 spiro atoms. The van der Waals surface area contributed by atoms with Gasteiger partial charge in [0, 0.05) is 34.7 Å². The largest absolute Gasteiger partial charge is 0.462 e. The van der Waals surface area contributed by atoms with Gasteiger partial charge in [-0.15, -0.1) is 0 Å². The predicted octanol–water partition coefficient (Wildman–Crippen LogP) is 4.23. The smallest absolute Gasteiger partial charge is 0.340 e. The second kappa shape index (κ2) is 9.16. The van der Waals surface area contributed by atoms with Crippen LogP contribution in [0.4, 0.5) is 5.69 Å². The van der Waals surface area contributed by atoms with E-state index in [0.29, 0.717) is 51.4 Å². The van der Waals surface area contributed by atoms with Crippen LogP contribution >= 0.6 is 0 Å². The van der Waals surface area contributed by atoms with Crippen molar-refractivity contribution in [2.45, 2.75) is 27.3 Å². The van der Waals surface area contributed by atoms with Crippen LogP contribution < -0.4 is 10.6 Å². The van der Waals surface area contributed by atoms with E-state index < -0.39 is 5.97 Å². The van der Waals surface area contributed by atoms with Crippen molar-refractivity contribution < 1.29 is 19.1 Å². The van der Waals surface area contributed by atoms with Crippen LogP contribution in [0.2, 0.25) is 0 Å². The zero-order valence-electron chi connectivity index (χ0n) is 18.7. The Morgan fingerprint density at radius 1 is 1.09 bits per heavy atom. The second-order valence-electron chi connectivity index (χ2n) is 7.82. The SMILES string of the molecule is CCOC(=O)c1c(C)[nH]c(C=C2C(=O)Nc3ccc(C(=O)NCc4ccccc4)cc32)c1C. The lowest BCUT2D eigenvalue weighted by Gasteiger charge is -2.07. The molecule has 0 unspecified atom stereocenters.